The van der Waals surface area contributed by atoms with Gasteiger partial charge in [-0.1, -0.05) is 12.1 Å². The molecule has 2 heterocycles. The maximum atomic E-state index is 12.7. The van der Waals surface area contributed by atoms with Crippen molar-refractivity contribution >= 4 is 12.0 Å². The lowest BCUT2D eigenvalue weighted by Gasteiger charge is -2.45. The number of aliphatic hydroxyl groups excluding tert-OH is 5. The molecule has 12 nitrogen and oxygen atoms in total. The average molecular weight is 510 g/mol. The van der Waals surface area contributed by atoms with E-state index in [-0.39, 0.29) is 12.2 Å². The van der Waals surface area contributed by atoms with Gasteiger partial charge in [-0.25, -0.2) is 4.79 Å². The van der Waals surface area contributed by atoms with E-state index in [1.807, 2.05) is 0 Å². The van der Waals surface area contributed by atoms with Gasteiger partial charge >= 0.3 is 5.97 Å². The Bertz CT molecular complexity index is 993. The summed E-state index contributed by atoms with van der Waals surface area (Å²) in [6, 6.07) is 6.07. The topological polar surface area (TPSA) is 196 Å². The predicted octanol–water partition coefficient (Wildman–Crippen LogP) is -1.49. The van der Waals surface area contributed by atoms with Crippen LogP contribution < -0.4 is 0 Å². The third kappa shape index (κ3) is 4.86. The summed E-state index contributed by atoms with van der Waals surface area (Å²) in [6.45, 7) is 0.808. The van der Waals surface area contributed by atoms with Gasteiger partial charge in [0.15, 0.2) is 6.29 Å². The van der Waals surface area contributed by atoms with Crippen LogP contribution in [0.5, 0.6) is 5.75 Å². The minimum Gasteiger partial charge on any atom is -0.508 e. The Kier molecular flexibility index (Phi) is 7.42. The Hall–Kier alpha value is -2.55. The highest BCUT2D eigenvalue weighted by Crippen LogP contribution is 2.51. The van der Waals surface area contributed by atoms with Crippen molar-refractivity contribution in [2.75, 3.05) is 6.61 Å². The zero-order valence-corrected chi connectivity index (χ0v) is 19.3. The SMILES string of the molecule is C[C@]1(OC(=O)/C=C\c2ccc(O)cc2)C[C@@H](O)[C@]2(O)C=CO[C@@H](O[C@@H]3O[C@H](CO)[C@@H](O)[C@H](O)[C@H]3O)[C@H]21. The molecule has 198 valence electrons. The lowest BCUT2D eigenvalue weighted by atomic mass is 9.81. The van der Waals surface area contributed by atoms with Crippen molar-refractivity contribution in [1.82, 2.24) is 0 Å². The van der Waals surface area contributed by atoms with Gasteiger partial charge in [0.25, 0.3) is 0 Å². The predicted molar refractivity (Wildman–Crippen MR) is 120 cm³/mol. The largest absolute Gasteiger partial charge is 0.508 e. The lowest BCUT2D eigenvalue weighted by Crippen LogP contribution is -2.62. The van der Waals surface area contributed by atoms with E-state index >= 15 is 0 Å². The van der Waals surface area contributed by atoms with E-state index in [1.165, 1.54) is 31.2 Å². The minimum absolute atomic E-state index is 0.0669. The maximum Gasteiger partial charge on any atom is 0.331 e. The van der Waals surface area contributed by atoms with Crippen molar-refractivity contribution in [3.63, 3.8) is 0 Å². The zero-order chi connectivity index (χ0) is 26.3. The average Bonchev–Trinajstić information content (AvgIpc) is 3.04. The van der Waals surface area contributed by atoms with Gasteiger partial charge in [0.2, 0.25) is 6.29 Å². The van der Waals surface area contributed by atoms with Crippen molar-refractivity contribution in [2.45, 2.75) is 67.6 Å². The standard InChI is InChI=1S/C24H30O12/c1-23(36-16(28)7-4-12-2-5-13(26)6-3-12)10-15(27)24(32)8-9-33-22(20(23)24)35-21-19(31)18(30)17(29)14(11-25)34-21/h2-9,14-15,17-22,25-27,29-32H,10-11H2,1H3/b7-4-/t14-,15-,17-,18+,19-,20+,21+,22+,23+,24-/m1/s1. The molecule has 0 unspecified atom stereocenters. The molecule has 1 saturated heterocycles. The number of carbonyl (C=O) groups is 1. The van der Waals surface area contributed by atoms with Gasteiger partial charge in [0.1, 0.15) is 41.4 Å². The maximum absolute atomic E-state index is 12.7. The summed E-state index contributed by atoms with van der Waals surface area (Å²) >= 11 is 0. The van der Waals surface area contributed by atoms with Crippen LogP contribution in [0.1, 0.15) is 18.9 Å². The highest BCUT2D eigenvalue weighted by Gasteiger charge is 2.66. The second-order valence-electron chi connectivity index (χ2n) is 9.38. The molecule has 1 aliphatic carbocycles. The zero-order valence-electron chi connectivity index (χ0n) is 19.3. The highest BCUT2D eigenvalue weighted by molar-refractivity contribution is 5.87. The molecule has 36 heavy (non-hydrogen) atoms. The molecule has 0 bridgehead atoms. The molecule has 2 fully saturated rings. The van der Waals surface area contributed by atoms with E-state index in [0.29, 0.717) is 5.56 Å². The molecule has 0 radical (unpaired) electrons. The fourth-order valence-electron chi connectivity index (χ4n) is 4.94. The summed E-state index contributed by atoms with van der Waals surface area (Å²) in [4.78, 5) is 12.7. The first-order chi connectivity index (χ1) is 17.0. The number of phenols is 1. The van der Waals surface area contributed by atoms with Crippen molar-refractivity contribution < 1.29 is 59.5 Å². The summed E-state index contributed by atoms with van der Waals surface area (Å²) in [7, 11) is 0. The molecule has 12 heteroatoms. The number of phenolic OH excluding ortho intramolecular Hbond substituents is 1. The van der Waals surface area contributed by atoms with E-state index < -0.39 is 72.8 Å². The number of hydrogen-bond acceptors (Lipinski definition) is 12. The van der Waals surface area contributed by atoms with Crippen LogP contribution in [0.2, 0.25) is 0 Å². The molecule has 4 rings (SSSR count). The van der Waals surface area contributed by atoms with Crippen LogP contribution in [0, 0.1) is 5.92 Å². The van der Waals surface area contributed by atoms with Gasteiger partial charge in [-0.05, 0) is 36.8 Å². The summed E-state index contributed by atoms with van der Waals surface area (Å²) in [5.41, 5.74) is -2.84. The minimum atomic E-state index is -1.94. The Morgan fingerprint density at radius 3 is 2.47 bits per heavy atom. The van der Waals surface area contributed by atoms with Gasteiger partial charge in [0, 0.05) is 12.5 Å². The quantitative estimate of drug-likeness (QED) is 0.173. The molecule has 0 aromatic heterocycles. The third-order valence-electron chi connectivity index (χ3n) is 6.86. The highest BCUT2D eigenvalue weighted by atomic mass is 16.8. The normalized spacial score (nSPS) is 42.2. The Balaban J connectivity index is 1.54. The molecule has 7 N–H and O–H groups in total. The Morgan fingerprint density at radius 2 is 1.81 bits per heavy atom. The third-order valence-corrected chi connectivity index (χ3v) is 6.86. The van der Waals surface area contributed by atoms with E-state index in [4.69, 9.17) is 18.9 Å². The fourth-order valence-corrected chi connectivity index (χ4v) is 4.94. The monoisotopic (exact) mass is 510 g/mol. The summed E-state index contributed by atoms with van der Waals surface area (Å²) in [5, 5.41) is 71.1. The first-order valence-electron chi connectivity index (χ1n) is 11.4. The molecule has 1 saturated carbocycles. The number of ether oxygens (including phenoxy) is 4. The van der Waals surface area contributed by atoms with Gasteiger partial charge in [-0.15, -0.1) is 0 Å². The van der Waals surface area contributed by atoms with Crippen LogP contribution in [-0.4, -0.2) is 103 Å². The smallest absolute Gasteiger partial charge is 0.331 e. The number of aromatic hydroxyl groups is 1. The number of esters is 1. The number of hydrogen-bond donors (Lipinski definition) is 7. The van der Waals surface area contributed by atoms with Gasteiger partial charge in [0.05, 0.1) is 24.9 Å². The number of carbonyl (C=O) groups excluding carboxylic acids is 1. The van der Waals surface area contributed by atoms with Crippen molar-refractivity contribution in [3.05, 3.63) is 48.2 Å². The van der Waals surface area contributed by atoms with E-state index in [1.54, 1.807) is 12.1 Å². The first-order valence-corrected chi connectivity index (χ1v) is 11.4. The molecule has 1 aromatic carbocycles. The Morgan fingerprint density at radius 1 is 1.11 bits per heavy atom. The Labute approximate surface area is 206 Å². The van der Waals surface area contributed by atoms with Crippen molar-refractivity contribution in [2.24, 2.45) is 5.92 Å². The fraction of sp³-hybridized carbons (Fsp3) is 0.542. The summed E-state index contributed by atoms with van der Waals surface area (Å²) in [6.07, 6.45) is -5.96. The van der Waals surface area contributed by atoms with Gasteiger partial charge in [-0.3, -0.25) is 0 Å². The van der Waals surface area contributed by atoms with Gasteiger partial charge in [-0.2, -0.15) is 0 Å². The molecule has 10 atom stereocenters. The van der Waals surface area contributed by atoms with Crippen LogP contribution in [0.4, 0.5) is 0 Å². The van der Waals surface area contributed by atoms with Crippen LogP contribution in [0.15, 0.2) is 42.7 Å². The van der Waals surface area contributed by atoms with Crippen molar-refractivity contribution in [1.29, 1.82) is 0 Å². The van der Waals surface area contributed by atoms with Crippen LogP contribution >= 0.6 is 0 Å². The number of fused-ring (bicyclic) bond motifs is 1. The number of rotatable bonds is 6. The number of aliphatic hydroxyl groups is 6. The lowest BCUT2D eigenvalue weighted by molar-refractivity contribution is -0.351. The molecular formula is C24H30O12. The van der Waals surface area contributed by atoms with Crippen molar-refractivity contribution in [3.8, 4) is 5.75 Å². The van der Waals surface area contributed by atoms with Crippen LogP contribution in [0.3, 0.4) is 0 Å². The van der Waals surface area contributed by atoms with E-state index in [9.17, 15) is 40.5 Å². The number of benzene rings is 1. The molecular weight excluding hydrogens is 480 g/mol. The molecule has 1 aromatic rings. The van der Waals surface area contributed by atoms with E-state index in [2.05, 4.69) is 0 Å². The summed E-state index contributed by atoms with van der Waals surface area (Å²) in [5.74, 6) is -1.93. The van der Waals surface area contributed by atoms with Gasteiger partial charge < -0.3 is 54.7 Å². The van der Waals surface area contributed by atoms with Crippen LogP contribution in [-0.2, 0) is 23.7 Å². The second-order valence-corrected chi connectivity index (χ2v) is 9.38. The first kappa shape index (κ1) is 26.5. The molecule has 0 spiro atoms. The molecule has 3 aliphatic rings. The van der Waals surface area contributed by atoms with E-state index in [0.717, 1.165) is 12.3 Å². The second kappa shape index (κ2) is 10.1. The summed E-state index contributed by atoms with van der Waals surface area (Å²) < 4.78 is 22.2. The molecule has 2 aliphatic heterocycles. The molecule has 0 amide bonds. The van der Waals surface area contributed by atoms with Crippen LogP contribution in [0.25, 0.3) is 6.08 Å².